The predicted molar refractivity (Wildman–Crippen MR) is 122 cm³/mol. The van der Waals surface area contributed by atoms with E-state index in [2.05, 4.69) is 17.4 Å². The molecule has 2 aromatic rings. The van der Waals surface area contributed by atoms with E-state index in [4.69, 9.17) is 9.73 Å². The van der Waals surface area contributed by atoms with Gasteiger partial charge in [0.05, 0.1) is 11.7 Å². The van der Waals surface area contributed by atoms with Gasteiger partial charge in [0.15, 0.2) is 0 Å². The number of rotatable bonds is 4. The van der Waals surface area contributed by atoms with Crippen LogP contribution in [0.15, 0.2) is 53.5 Å². The van der Waals surface area contributed by atoms with Crippen LogP contribution < -0.4 is 10.2 Å². The summed E-state index contributed by atoms with van der Waals surface area (Å²) in [7, 11) is 0. The van der Waals surface area contributed by atoms with Gasteiger partial charge < -0.3 is 15.0 Å². The summed E-state index contributed by atoms with van der Waals surface area (Å²) in [6.45, 7) is 7.30. The Kier molecular flexibility index (Phi) is 5.56. The van der Waals surface area contributed by atoms with E-state index in [9.17, 15) is 9.59 Å². The maximum Gasteiger partial charge on any atom is 0.408 e. The van der Waals surface area contributed by atoms with Crippen molar-refractivity contribution in [1.29, 1.82) is 0 Å². The lowest BCUT2D eigenvalue weighted by Crippen LogP contribution is -2.53. The molecule has 0 spiro atoms. The lowest BCUT2D eigenvalue weighted by Gasteiger charge is -2.30. The number of anilines is 1. The second-order valence-electron chi connectivity index (χ2n) is 9.07. The van der Waals surface area contributed by atoms with Crippen molar-refractivity contribution in [2.75, 3.05) is 4.90 Å². The molecule has 2 aliphatic rings. The predicted octanol–water partition coefficient (Wildman–Crippen LogP) is 4.58. The van der Waals surface area contributed by atoms with Crippen LogP contribution in [0.1, 0.15) is 45.2 Å². The van der Waals surface area contributed by atoms with E-state index in [0.29, 0.717) is 6.42 Å². The third-order valence-electron chi connectivity index (χ3n) is 5.62. The Morgan fingerprint density at radius 2 is 1.81 bits per heavy atom. The number of nitrogens with zero attached hydrogens (tertiary/aromatic N) is 2. The molecule has 0 saturated heterocycles. The molecular formula is C25H29N3O3. The van der Waals surface area contributed by atoms with Gasteiger partial charge >= 0.3 is 6.09 Å². The number of ether oxygens (including phenoxy) is 1. The first-order chi connectivity index (χ1) is 14.8. The number of carbonyl (C=O) groups excluding carboxylic acids is 2. The van der Waals surface area contributed by atoms with Crippen LogP contribution in [0, 0.1) is 0 Å². The number of fused-ring (bicyclic) bond motifs is 2. The summed E-state index contributed by atoms with van der Waals surface area (Å²) >= 11 is 0. The molecule has 6 heteroatoms. The average molecular weight is 420 g/mol. The number of aliphatic imine (C=N–C) groups is 1. The molecule has 0 aliphatic carbocycles. The zero-order valence-electron chi connectivity index (χ0n) is 18.5. The summed E-state index contributed by atoms with van der Waals surface area (Å²) in [6, 6.07) is 15.2. The van der Waals surface area contributed by atoms with Gasteiger partial charge in [-0.25, -0.2) is 4.79 Å². The van der Waals surface area contributed by atoms with Crippen molar-refractivity contribution in [1.82, 2.24) is 5.32 Å². The van der Waals surface area contributed by atoms with Gasteiger partial charge in [-0.3, -0.25) is 9.79 Å². The molecule has 2 aromatic carbocycles. The van der Waals surface area contributed by atoms with Crippen molar-refractivity contribution < 1.29 is 14.3 Å². The van der Waals surface area contributed by atoms with Crippen molar-refractivity contribution in [2.45, 2.75) is 64.6 Å². The van der Waals surface area contributed by atoms with E-state index in [1.807, 2.05) is 48.2 Å². The summed E-state index contributed by atoms with van der Waals surface area (Å²) in [5.41, 5.74) is 4.52. The number of amides is 2. The largest absolute Gasteiger partial charge is 0.444 e. The number of hydrogen-bond donors (Lipinski definition) is 1. The van der Waals surface area contributed by atoms with E-state index in [-0.39, 0.29) is 11.9 Å². The lowest BCUT2D eigenvalue weighted by molar-refractivity contribution is -0.120. The molecule has 2 heterocycles. The third-order valence-corrected chi connectivity index (χ3v) is 5.62. The van der Waals surface area contributed by atoms with Crippen LogP contribution >= 0.6 is 0 Å². The summed E-state index contributed by atoms with van der Waals surface area (Å²) in [4.78, 5) is 32.7. The number of hydrogen-bond acceptors (Lipinski definition) is 4. The highest BCUT2D eigenvalue weighted by Crippen LogP contribution is 2.37. The minimum Gasteiger partial charge on any atom is -0.444 e. The van der Waals surface area contributed by atoms with E-state index >= 15 is 0 Å². The van der Waals surface area contributed by atoms with Crippen LogP contribution in [0.5, 0.6) is 0 Å². The highest BCUT2D eigenvalue weighted by Gasteiger charge is 2.40. The van der Waals surface area contributed by atoms with Crippen molar-refractivity contribution in [3.8, 4) is 0 Å². The fourth-order valence-corrected chi connectivity index (χ4v) is 4.23. The first-order valence-electron chi connectivity index (χ1n) is 10.8. The zero-order chi connectivity index (χ0) is 22.2. The Morgan fingerprint density at radius 3 is 2.48 bits per heavy atom. The van der Waals surface area contributed by atoms with E-state index in [1.165, 1.54) is 5.56 Å². The van der Waals surface area contributed by atoms with Gasteiger partial charge in [0.2, 0.25) is 5.91 Å². The Bertz CT molecular complexity index is 1040. The second kappa shape index (κ2) is 8.17. The molecule has 2 atom stereocenters. The molecule has 2 amide bonds. The molecule has 0 aromatic heterocycles. The van der Waals surface area contributed by atoms with Gasteiger partial charge in [-0.1, -0.05) is 43.3 Å². The fourth-order valence-electron chi connectivity index (χ4n) is 4.23. The minimum atomic E-state index is -0.673. The number of benzene rings is 2. The first-order valence-corrected chi connectivity index (χ1v) is 10.8. The summed E-state index contributed by atoms with van der Waals surface area (Å²) in [6.07, 6.45) is 1.34. The maximum absolute atomic E-state index is 13.7. The van der Waals surface area contributed by atoms with Gasteiger partial charge in [-0.05, 0) is 50.5 Å². The second-order valence-corrected chi connectivity index (χ2v) is 9.07. The molecular weight excluding hydrogens is 390 g/mol. The van der Waals surface area contributed by atoms with E-state index in [0.717, 1.165) is 35.5 Å². The van der Waals surface area contributed by atoms with Crippen LogP contribution in [0.2, 0.25) is 0 Å². The molecule has 0 saturated carbocycles. The monoisotopic (exact) mass is 419 g/mol. The molecule has 6 nitrogen and oxygen atoms in total. The number of alkyl carbamates (subject to hydrolysis) is 1. The standard InChI is InChI=1S/C25H29N3O3/c1-5-18(27-24(30)31-25(2,3)4)23(29)28-21-13-9-7-11-17(21)15-22(28)20-14-16-10-6-8-12-19(16)26-20/h6-13,18,22H,5,14-15H2,1-4H3,(H,27,30). The summed E-state index contributed by atoms with van der Waals surface area (Å²) in [5.74, 6) is -0.137. The van der Waals surface area contributed by atoms with Crippen molar-refractivity contribution >= 4 is 29.1 Å². The molecule has 2 unspecified atom stereocenters. The van der Waals surface area contributed by atoms with Crippen LogP contribution in [0.25, 0.3) is 0 Å². The van der Waals surface area contributed by atoms with Gasteiger partial charge in [0, 0.05) is 24.2 Å². The van der Waals surface area contributed by atoms with Gasteiger partial charge in [-0.15, -0.1) is 0 Å². The first kappa shape index (κ1) is 21.1. The molecule has 4 rings (SSSR count). The third kappa shape index (κ3) is 4.33. The smallest absolute Gasteiger partial charge is 0.408 e. The van der Waals surface area contributed by atoms with Crippen molar-refractivity contribution in [3.05, 3.63) is 59.7 Å². The van der Waals surface area contributed by atoms with E-state index < -0.39 is 17.7 Å². The Balaban J connectivity index is 1.61. The molecule has 0 radical (unpaired) electrons. The molecule has 162 valence electrons. The van der Waals surface area contributed by atoms with Crippen LogP contribution in [0.3, 0.4) is 0 Å². The molecule has 1 N–H and O–H groups in total. The number of para-hydroxylation sites is 2. The maximum atomic E-state index is 13.7. The van der Waals surface area contributed by atoms with Gasteiger partial charge in [0.1, 0.15) is 11.6 Å². The quantitative estimate of drug-likeness (QED) is 0.789. The van der Waals surface area contributed by atoms with Gasteiger partial charge in [-0.2, -0.15) is 0 Å². The lowest BCUT2D eigenvalue weighted by atomic mass is 10.0. The normalized spacial score (nSPS) is 18.1. The van der Waals surface area contributed by atoms with Crippen LogP contribution in [-0.2, 0) is 22.4 Å². The summed E-state index contributed by atoms with van der Waals surface area (Å²) < 4.78 is 5.38. The highest BCUT2D eigenvalue weighted by atomic mass is 16.6. The van der Waals surface area contributed by atoms with E-state index in [1.54, 1.807) is 20.8 Å². The minimum absolute atomic E-state index is 0.137. The Morgan fingerprint density at radius 1 is 1.13 bits per heavy atom. The molecule has 2 aliphatic heterocycles. The molecule has 0 bridgehead atoms. The summed E-state index contributed by atoms with van der Waals surface area (Å²) in [5, 5.41) is 2.77. The van der Waals surface area contributed by atoms with Crippen molar-refractivity contribution in [2.24, 2.45) is 4.99 Å². The van der Waals surface area contributed by atoms with Crippen LogP contribution in [-0.4, -0.2) is 35.4 Å². The topological polar surface area (TPSA) is 71.0 Å². The Hall–Kier alpha value is -3.15. The zero-order valence-corrected chi connectivity index (χ0v) is 18.5. The Labute approximate surface area is 183 Å². The average Bonchev–Trinajstić information content (AvgIpc) is 3.31. The molecule has 31 heavy (non-hydrogen) atoms. The highest BCUT2D eigenvalue weighted by molar-refractivity contribution is 6.10. The number of nitrogens with one attached hydrogen (secondary N) is 1. The SMILES string of the molecule is CCC(NC(=O)OC(C)(C)C)C(=O)N1c2ccccc2CC1C1=Nc2ccccc2C1. The van der Waals surface area contributed by atoms with Crippen molar-refractivity contribution in [3.63, 3.8) is 0 Å². The molecule has 0 fully saturated rings. The fraction of sp³-hybridized carbons (Fsp3) is 0.400. The number of carbonyl (C=O) groups is 2. The van der Waals surface area contributed by atoms with Crippen LogP contribution in [0.4, 0.5) is 16.2 Å². The van der Waals surface area contributed by atoms with Gasteiger partial charge in [0.25, 0.3) is 0 Å².